The van der Waals surface area contributed by atoms with Gasteiger partial charge in [-0.15, -0.1) is 0 Å². The van der Waals surface area contributed by atoms with Crippen LogP contribution in [0.1, 0.15) is 12.3 Å². The highest BCUT2D eigenvalue weighted by Gasteiger charge is 2.16. The number of hydrogen-bond acceptors (Lipinski definition) is 2. The molecule has 0 atom stereocenters. The van der Waals surface area contributed by atoms with Crippen LogP contribution in [-0.2, 0) is 0 Å². The Morgan fingerprint density at radius 1 is 0.435 bits per heavy atom. The molecule has 0 saturated heterocycles. The van der Waals surface area contributed by atoms with E-state index in [-0.39, 0.29) is 34.7 Å². The molecule has 1 aromatic heterocycles. The van der Waals surface area contributed by atoms with E-state index in [9.17, 15) is 5.48 Å². The van der Waals surface area contributed by atoms with Crippen molar-refractivity contribution in [3.63, 3.8) is 0 Å². The maximum atomic E-state index is 9.41. The molecule has 8 aromatic carbocycles. The molecule has 0 aliphatic heterocycles. The number of nitrogens with zero attached hydrogens (tertiary/aromatic N) is 1. The van der Waals surface area contributed by atoms with Crippen LogP contribution in [0.2, 0.25) is 0 Å². The molecule has 0 N–H and O–H groups in total. The van der Waals surface area contributed by atoms with Crippen molar-refractivity contribution in [2.45, 2.75) is 0 Å². The predicted molar refractivity (Wildman–Crippen MR) is 194 cm³/mol. The third-order valence-corrected chi connectivity index (χ3v) is 8.42. The van der Waals surface area contributed by atoms with Crippen LogP contribution in [0.4, 0.5) is 17.1 Å². The molecule has 0 amide bonds. The van der Waals surface area contributed by atoms with Crippen molar-refractivity contribution >= 4 is 60.5 Å². The smallest absolute Gasteiger partial charge is 0.136 e. The highest BCUT2D eigenvalue weighted by Crippen LogP contribution is 2.41. The molecular weight excluding hydrogens is 558 g/mol. The van der Waals surface area contributed by atoms with Gasteiger partial charge >= 0.3 is 0 Å². The zero-order chi connectivity index (χ0) is 38.3. The van der Waals surface area contributed by atoms with E-state index in [2.05, 4.69) is 30.3 Å². The highest BCUT2D eigenvalue weighted by molar-refractivity contribution is 6.14. The summed E-state index contributed by atoms with van der Waals surface area (Å²) < 4.78 is 86.7. The Morgan fingerprint density at radius 2 is 1.09 bits per heavy atom. The van der Waals surface area contributed by atoms with Gasteiger partial charge in [-0.3, -0.25) is 0 Å². The molecule has 9 rings (SSSR count). The molecule has 1 heterocycles. The van der Waals surface area contributed by atoms with E-state index < -0.39 is 42.3 Å². The summed E-state index contributed by atoms with van der Waals surface area (Å²) >= 11 is 0. The first-order chi connectivity index (χ1) is 26.6. The Labute approximate surface area is 280 Å². The van der Waals surface area contributed by atoms with Crippen LogP contribution in [0.5, 0.6) is 0 Å². The molecule has 0 spiro atoms. The minimum atomic E-state index is -0.592. The normalized spacial score (nSPS) is 14.2. The third-order valence-electron chi connectivity index (χ3n) is 8.42. The lowest BCUT2D eigenvalue weighted by molar-refractivity contribution is 0.669. The van der Waals surface area contributed by atoms with Crippen molar-refractivity contribution in [2.75, 3.05) is 4.90 Å². The van der Waals surface area contributed by atoms with Crippen molar-refractivity contribution in [2.24, 2.45) is 0 Å². The van der Waals surface area contributed by atoms with Gasteiger partial charge in [-0.1, -0.05) is 121 Å². The van der Waals surface area contributed by atoms with Crippen molar-refractivity contribution in [1.82, 2.24) is 0 Å². The lowest BCUT2D eigenvalue weighted by atomic mass is 9.93. The second-order valence-corrected chi connectivity index (χ2v) is 11.0. The molecule has 9 aromatic rings. The summed E-state index contributed by atoms with van der Waals surface area (Å²) in [6, 6.07) is 33.7. The summed E-state index contributed by atoms with van der Waals surface area (Å²) in [5, 5.41) is 5.70. The Kier molecular flexibility index (Phi) is 4.37. The van der Waals surface area contributed by atoms with E-state index in [1.54, 1.807) is 30.3 Å². The molecule has 0 saturated carbocycles. The van der Waals surface area contributed by atoms with Crippen molar-refractivity contribution < 1.29 is 16.8 Å². The average molecular weight is 597 g/mol. The fourth-order valence-corrected chi connectivity index (χ4v) is 6.34. The van der Waals surface area contributed by atoms with Gasteiger partial charge in [0.25, 0.3) is 0 Å². The summed E-state index contributed by atoms with van der Waals surface area (Å²) in [4.78, 5) is 1.25. The second kappa shape index (κ2) is 10.8. The van der Waals surface area contributed by atoms with Crippen molar-refractivity contribution in [3.05, 3.63) is 176 Å². The lowest BCUT2D eigenvalue weighted by Gasteiger charge is -2.26. The van der Waals surface area contributed by atoms with Crippen LogP contribution in [-0.4, -0.2) is 0 Å². The average Bonchev–Trinajstić information content (AvgIpc) is 3.60. The molecular formula is C44H29NO. The van der Waals surface area contributed by atoms with Crippen LogP contribution >= 0.6 is 0 Å². The minimum Gasteiger partial charge on any atom is -0.456 e. The SMILES string of the molecule is [2H]c1c([2H])c([2H])c(N(c2ccc(-c3cc4ccccc4c4ccccc34)cc2)c2c([2H])c([2H])c(-c3cccc4oc5ccccc5c34)c([2H])c2[2H])c([2H])c1[2H]. The fraction of sp³-hybridized carbons (Fsp3) is 0. The van der Waals surface area contributed by atoms with E-state index in [1.807, 2.05) is 60.7 Å². The first-order valence-corrected chi connectivity index (χ1v) is 15.0. The van der Waals surface area contributed by atoms with Crippen LogP contribution in [0.15, 0.2) is 180 Å². The number of benzene rings is 8. The number of fused-ring (bicyclic) bond motifs is 6. The van der Waals surface area contributed by atoms with E-state index in [4.69, 9.17) is 11.3 Å². The van der Waals surface area contributed by atoms with Gasteiger partial charge in [-0.2, -0.15) is 0 Å². The summed E-state index contributed by atoms with van der Waals surface area (Å²) in [6.07, 6.45) is 0. The molecule has 46 heavy (non-hydrogen) atoms. The van der Waals surface area contributed by atoms with Gasteiger partial charge in [0.15, 0.2) is 0 Å². The molecule has 0 bridgehead atoms. The Hall–Kier alpha value is -6.12. The highest BCUT2D eigenvalue weighted by atomic mass is 16.3. The van der Waals surface area contributed by atoms with Gasteiger partial charge in [0, 0.05) is 27.8 Å². The predicted octanol–water partition coefficient (Wildman–Crippen LogP) is 12.7. The molecule has 216 valence electrons. The van der Waals surface area contributed by atoms with Gasteiger partial charge in [-0.05, 0) is 98.3 Å². The fourth-order valence-electron chi connectivity index (χ4n) is 6.34. The number of anilines is 3. The van der Waals surface area contributed by atoms with Crippen LogP contribution in [0, 0.1) is 0 Å². The van der Waals surface area contributed by atoms with E-state index in [1.165, 1.54) is 4.90 Å². The molecule has 2 nitrogen and oxygen atoms in total. The molecule has 0 aliphatic rings. The Morgan fingerprint density at radius 3 is 1.89 bits per heavy atom. The second-order valence-electron chi connectivity index (χ2n) is 11.0. The summed E-state index contributed by atoms with van der Waals surface area (Å²) in [6.45, 7) is 0. The lowest BCUT2D eigenvalue weighted by Crippen LogP contribution is -2.09. The summed E-state index contributed by atoms with van der Waals surface area (Å²) in [7, 11) is 0. The van der Waals surface area contributed by atoms with Gasteiger partial charge in [0.05, 0.1) is 12.3 Å². The first kappa shape index (κ1) is 18.6. The van der Waals surface area contributed by atoms with Gasteiger partial charge in [-0.25, -0.2) is 0 Å². The van der Waals surface area contributed by atoms with Crippen LogP contribution in [0.25, 0.3) is 65.7 Å². The Bertz CT molecular complexity index is 2990. The van der Waals surface area contributed by atoms with E-state index >= 15 is 0 Å². The van der Waals surface area contributed by atoms with Gasteiger partial charge in [0.1, 0.15) is 11.2 Å². The molecule has 0 radical (unpaired) electrons. The molecule has 2 heteroatoms. The van der Waals surface area contributed by atoms with Gasteiger partial charge < -0.3 is 9.32 Å². The van der Waals surface area contributed by atoms with Crippen LogP contribution < -0.4 is 4.90 Å². The number of rotatable bonds is 5. The van der Waals surface area contributed by atoms with E-state index in [0.717, 1.165) is 38.1 Å². The zero-order valence-corrected chi connectivity index (χ0v) is 24.4. The molecule has 0 unspecified atom stereocenters. The van der Waals surface area contributed by atoms with Gasteiger partial charge in [0.2, 0.25) is 0 Å². The number of furan rings is 1. The number of hydrogen-bond donors (Lipinski definition) is 0. The largest absolute Gasteiger partial charge is 0.456 e. The summed E-state index contributed by atoms with van der Waals surface area (Å²) in [5.74, 6) is 0. The topological polar surface area (TPSA) is 16.4 Å². The maximum Gasteiger partial charge on any atom is 0.136 e. The van der Waals surface area contributed by atoms with Crippen LogP contribution in [0.3, 0.4) is 0 Å². The maximum absolute atomic E-state index is 9.41. The third kappa shape index (κ3) is 4.35. The standard InChI is InChI=1S/C44H29NO/c1-2-12-33(13-3-1)45(34-25-21-30(22-26-34)37-18-10-20-43-44(37)40-17-8-9-19-42(40)46-43)35-27-23-31(24-28-35)41-29-32-11-4-5-14-36(32)38-15-6-7-16-39(38)41/h1-29H/i1D,2D,3D,12D,13D,21D,22D,25D,26D. The number of para-hydroxylation sites is 2. The van der Waals surface area contributed by atoms with Crippen molar-refractivity contribution in [1.29, 1.82) is 0 Å². The zero-order valence-electron chi connectivity index (χ0n) is 33.4. The monoisotopic (exact) mass is 596 g/mol. The van der Waals surface area contributed by atoms with Crippen molar-refractivity contribution in [3.8, 4) is 22.3 Å². The summed E-state index contributed by atoms with van der Waals surface area (Å²) in [5.41, 5.74) is 3.18. The van der Waals surface area contributed by atoms with E-state index in [0.29, 0.717) is 22.1 Å². The quantitative estimate of drug-likeness (QED) is 0.184. The minimum absolute atomic E-state index is 0.0513. The molecule has 0 aliphatic carbocycles. The first-order valence-electron chi connectivity index (χ1n) is 19.5. The molecule has 0 fully saturated rings. The Balaban J connectivity index is 1.28.